The maximum absolute atomic E-state index is 11.7. The number of amides is 2. The average Bonchev–Trinajstić information content (AvgIpc) is 2.62. The summed E-state index contributed by atoms with van der Waals surface area (Å²) in [4.78, 5) is 60.4. The minimum atomic E-state index is -0.987. The summed E-state index contributed by atoms with van der Waals surface area (Å²) in [6, 6.07) is 0. The van der Waals surface area contributed by atoms with E-state index in [1.165, 1.54) is 23.3 Å². The predicted octanol–water partition coefficient (Wildman–Crippen LogP) is 0.410. The van der Waals surface area contributed by atoms with E-state index >= 15 is 0 Å². The van der Waals surface area contributed by atoms with E-state index in [1.54, 1.807) is 0 Å². The van der Waals surface area contributed by atoms with Gasteiger partial charge in [-0.2, -0.15) is 9.59 Å². The topological polar surface area (TPSA) is 181 Å². The number of nitrogens with one attached hydrogen (secondary N) is 1. The van der Waals surface area contributed by atoms with Crippen molar-refractivity contribution in [1.29, 1.82) is 0 Å². The number of carbonyl (C=O) groups excluding carboxylic acids is 4. The molecule has 5 N–H and O–H groups in total. The zero-order chi connectivity index (χ0) is 22.7. The van der Waals surface area contributed by atoms with Crippen LogP contribution >= 0.6 is 0 Å². The fourth-order valence-electron chi connectivity index (χ4n) is 2.35. The summed E-state index contributed by atoms with van der Waals surface area (Å²) in [6.07, 6.45) is 5.45. The fourth-order valence-corrected chi connectivity index (χ4v) is 3.24. The van der Waals surface area contributed by atoms with Crippen molar-refractivity contribution >= 4 is 33.8 Å². The fraction of sp³-hybridized carbons (Fsp3) is 0.667. The molecular formula is C18H28N2O8W. The average molecular weight is 584 g/mol. The van der Waals surface area contributed by atoms with Crippen molar-refractivity contribution in [3.05, 3.63) is 0 Å². The molecule has 0 unspecified atom stereocenters. The molecule has 0 fully saturated rings. The Morgan fingerprint density at radius 3 is 2.07 bits per heavy atom. The van der Waals surface area contributed by atoms with Crippen LogP contribution in [0, 0.1) is 5.92 Å². The van der Waals surface area contributed by atoms with Gasteiger partial charge in [0.1, 0.15) is 0 Å². The Morgan fingerprint density at radius 2 is 1.55 bits per heavy atom. The van der Waals surface area contributed by atoms with E-state index in [4.69, 9.17) is 20.4 Å². The van der Waals surface area contributed by atoms with Gasteiger partial charge in [0, 0.05) is 6.42 Å². The third kappa shape index (κ3) is 22.0. The predicted molar refractivity (Wildman–Crippen MR) is 97.1 cm³/mol. The van der Waals surface area contributed by atoms with Crippen molar-refractivity contribution in [2.24, 2.45) is 11.7 Å². The van der Waals surface area contributed by atoms with Crippen LogP contribution < -0.4 is 11.1 Å². The van der Waals surface area contributed by atoms with Crippen LogP contribution in [0.15, 0.2) is 0 Å². The molecule has 29 heavy (non-hydrogen) atoms. The number of hydrogen-bond donors (Lipinski definition) is 4. The Kier molecular flexibility index (Phi) is 19.2. The maximum atomic E-state index is 11.7. The van der Waals surface area contributed by atoms with Crippen LogP contribution in [0.5, 0.6) is 0 Å². The summed E-state index contributed by atoms with van der Waals surface area (Å²) in [5, 5.41) is 20.3. The van der Waals surface area contributed by atoms with Crippen LogP contribution in [-0.2, 0) is 48.1 Å². The van der Waals surface area contributed by atoms with Gasteiger partial charge >= 0.3 is 154 Å². The molecule has 0 aliphatic carbocycles. The first-order chi connectivity index (χ1) is 13.6. The third-order valence-corrected chi connectivity index (χ3v) is 5.30. The molecule has 0 aromatic heterocycles. The molecule has 10 nitrogen and oxygen atoms in total. The Labute approximate surface area is 180 Å². The third-order valence-electron chi connectivity index (χ3n) is 3.83. The monoisotopic (exact) mass is 584 g/mol. The summed E-state index contributed by atoms with van der Waals surface area (Å²) < 4.78 is 1.29. The molecule has 2 amide bonds. The molecule has 1 atom stereocenters. The minimum absolute atomic E-state index is 0.0276. The molecule has 0 bridgehead atoms. The van der Waals surface area contributed by atoms with Crippen LogP contribution in [0.25, 0.3) is 0 Å². The first-order valence-electron chi connectivity index (χ1n) is 9.14. The second-order valence-corrected chi connectivity index (χ2v) is 8.35. The van der Waals surface area contributed by atoms with Crippen molar-refractivity contribution in [3.63, 3.8) is 0 Å². The largest absolute Gasteiger partial charge is 0.373 e. The molecule has 164 valence electrons. The Balaban J connectivity index is 0. The number of hydrogen-bond acceptors (Lipinski definition) is 6. The van der Waals surface area contributed by atoms with Crippen molar-refractivity contribution in [1.82, 2.24) is 5.32 Å². The molecule has 0 aromatic carbocycles. The van der Waals surface area contributed by atoms with Gasteiger partial charge < -0.3 is 5.11 Å². The van der Waals surface area contributed by atoms with Crippen molar-refractivity contribution < 1.29 is 58.3 Å². The van der Waals surface area contributed by atoms with E-state index in [1.807, 2.05) is 0 Å². The summed E-state index contributed by atoms with van der Waals surface area (Å²) >= 11 is 1.35. The van der Waals surface area contributed by atoms with Gasteiger partial charge in [-0.05, 0) is 0 Å². The van der Waals surface area contributed by atoms with E-state index in [9.17, 15) is 24.3 Å². The van der Waals surface area contributed by atoms with E-state index in [2.05, 4.69) is 5.32 Å². The smallest absolute Gasteiger partial charge is 0.186 e. The molecular weight excluding hydrogens is 556 g/mol. The zero-order valence-electron chi connectivity index (χ0n) is 16.2. The Bertz CT molecular complexity index is 588. The molecule has 0 aliphatic heterocycles. The molecule has 11 heteroatoms. The van der Waals surface area contributed by atoms with E-state index in [-0.39, 0.29) is 37.4 Å². The van der Waals surface area contributed by atoms with Crippen LogP contribution in [-0.4, -0.2) is 50.6 Å². The summed E-state index contributed by atoms with van der Waals surface area (Å²) in [6.45, 7) is 0.236. The summed E-state index contributed by atoms with van der Waals surface area (Å²) in [5.41, 5.74) is 5.11. The van der Waals surface area contributed by atoms with Gasteiger partial charge in [0.25, 0.3) is 0 Å². The van der Waals surface area contributed by atoms with Crippen molar-refractivity contribution in [2.45, 2.75) is 64.2 Å². The Morgan fingerprint density at radius 1 is 0.931 bits per heavy atom. The number of unbranched alkanes of at least 4 members (excludes halogenated alkanes) is 2. The molecule has 0 saturated carbocycles. The van der Waals surface area contributed by atoms with E-state index in [0.29, 0.717) is 19.3 Å². The van der Waals surface area contributed by atoms with Gasteiger partial charge in [0.05, 0.1) is 0 Å². The number of rotatable bonds is 16. The zero-order valence-corrected chi connectivity index (χ0v) is 19.1. The number of aliphatic carboxylic acids is 2. The second kappa shape index (κ2) is 19.1. The van der Waals surface area contributed by atoms with Gasteiger partial charge in [-0.3, -0.25) is 4.79 Å². The Hall–Kier alpha value is -2.18. The number of carboxylic acid groups (broad SMARTS) is 2. The molecule has 0 saturated heterocycles. The molecule has 0 aromatic rings. The van der Waals surface area contributed by atoms with Crippen LogP contribution in [0.1, 0.15) is 64.2 Å². The molecule has 0 spiro atoms. The van der Waals surface area contributed by atoms with Gasteiger partial charge in [-0.1, -0.05) is 0 Å². The second-order valence-electron chi connectivity index (χ2n) is 6.27. The normalized spacial score (nSPS) is 10.6. The number of carbonyl (C=O) groups is 4. The quantitative estimate of drug-likeness (QED) is 0.188. The first-order valence-corrected chi connectivity index (χ1v) is 10.6. The van der Waals surface area contributed by atoms with Crippen LogP contribution in [0.3, 0.4) is 0 Å². The first kappa shape index (κ1) is 29.0. The summed E-state index contributed by atoms with van der Waals surface area (Å²) in [7, 11) is 0. The number of nitrogens with two attached hydrogens (primary N) is 1. The maximum Gasteiger partial charge on any atom is 0.373 e. The van der Waals surface area contributed by atoms with Crippen LogP contribution in [0.2, 0.25) is 0 Å². The van der Waals surface area contributed by atoms with Gasteiger partial charge in [-0.15, -0.1) is 0 Å². The molecule has 0 radical (unpaired) electrons. The van der Waals surface area contributed by atoms with E-state index < -0.39 is 17.9 Å². The number of carboxylic acids is 2. The SMILES string of the molecule is NC(=O)CC[C](=[W])CCCCC[C@H](CC(=O)NCCCC(=O)O)C(=O)O.O=C=O. The van der Waals surface area contributed by atoms with Gasteiger partial charge in [0.15, 0.2) is 0 Å². The van der Waals surface area contributed by atoms with Crippen LogP contribution in [0.4, 0.5) is 0 Å². The molecule has 0 heterocycles. The molecule has 0 aliphatic rings. The van der Waals surface area contributed by atoms with Gasteiger partial charge in [0.2, 0.25) is 0 Å². The van der Waals surface area contributed by atoms with Crippen molar-refractivity contribution in [2.75, 3.05) is 6.54 Å². The summed E-state index contributed by atoms with van der Waals surface area (Å²) in [5.74, 6) is -3.29. The number of primary amides is 1. The standard InChI is InChI=1S/C17H28N2O6.CO2.W/c18-14(20)9-6-4-2-1-3-5-8-13(17(24)25)12-15(21)19-11-7-10-16(22)23;2-1-3;/h13H,1-3,5-12H2,(H2,18,20)(H,19,21)(H,22,23)(H,24,25);;/t13-;;/m1../s1. The molecule has 0 rings (SSSR count). The van der Waals surface area contributed by atoms with Gasteiger partial charge in [-0.25, -0.2) is 0 Å². The van der Waals surface area contributed by atoms with E-state index in [0.717, 1.165) is 32.1 Å². The minimum Gasteiger partial charge on any atom is -0.186 e. The van der Waals surface area contributed by atoms with Crippen molar-refractivity contribution in [3.8, 4) is 0 Å².